The van der Waals surface area contributed by atoms with Gasteiger partial charge in [-0.25, -0.2) is 4.98 Å². The molecule has 4 heteroatoms. The zero-order chi connectivity index (χ0) is 13.5. The number of hydrogen-bond acceptors (Lipinski definition) is 3. The average Bonchev–Trinajstić information content (AvgIpc) is 2.39. The topological polar surface area (TPSA) is 59.2 Å². The van der Waals surface area contributed by atoms with Gasteiger partial charge in [0.2, 0.25) is 0 Å². The summed E-state index contributed by atoms with van der Waals surface area (Å²) < 4.78 is 0. The molecule has 0 atom stereocenters. The third-order valence-corrected chi connectivity index (χ3v) is 3.29. The lowest BCUT2D eigenvalue weighted by Gasteiger charge is -2.25. The summed E-state index contributed by atoms with van der Waals surface area (Å²) >= 11 is 0. The van der Waals surface area contributed by atoms with Gasteiger partial charge in [0.1, 0.15) is 11.5 Å². The Kier molecular flexibility index (Phi) is 5.62. The fourth-order valence-corrected chi connectivity index (χ4v) is 1.95. The first-order valence-corrected chi connectivity index (χ1v) is 6.64. The van der Waals surface area contributed by atoms with Gasteiger partial charge in [-0.2, -0.15) is 0 Å². The molecule has 0 aromatic carbocycles. The number of aromatic nitrogens is 1. The van der Waals surface area contributed by atoms with E-state index < -0.39 is 0 Å². The van der Waals surface area contributed by atoms with E-state index in [-0.39, 0.29) is 5.91 Å². The van der Waals surface area contributed by atoms with Gasteiger partial charge in [-0.15, -0.1) is 0 Å². The Morgan fingerprint density at radius 3 is 2.50 bits per heavy atom. The maximum atomic E-state index is 12.3. The van der Waals surface area contributed by atoms with Gasteiger partial charge in [0.25, 0.3) is 5.91 Å². The summed E-state index contributed by atoms with van der Waals surface area (Å²) in [5.41, 5.74) is 6.04. The van der Waals surface area contributed by atoms with Crippen LogP contribution in [0.3, 0.4) is 0 Å². The molecule has 0 aliphatic rings. The molecule has 1 aromatic heterocycles. The van der Waals surface area contributed by atoms with Gasteiger partial charge in [-0.1, -0.05) is 32.8 Å². The van der Waals surface area contributed by atoms with Crippen LogP contribution in [0.4, 0.5) is 5.82 Å². The van der Waals surface area contributed by atoms with Gasteiger partial charge in [0.15, 0.2) is 0 Å². The van der Waals surface area contributed by atoms with Crippen molar-refractivity contribution in [3.8, 4) is 0 Å². The van der Waals surface area contributed by atoms with E-state index in [0.29, 0.717) is 24.0 Å². The molecule has 18 heavy (non-hydrogen) atoms. The van der Waals surface area contributed by atoms with Crippen LogP contribution in [0.25, 0.3) is 0 Å². The van der Waals surface area contributed by atoms with Gasteiger partial charge >= 0.3 is 0 Å². The highest BCUT2D eigenvalue weighted by molar-refractivity contribution is 5.92. The van der Waals surface area contributed by atoms with Crippen LogP contribution in [0.2, 0.25) is 0 Å². The first kappa shape index (κ1) is 14.5. The van der Waals surface area contributed by atoms with Crippen molar-refractivity contribution in [3.05, 3.63) is 23.9 Å². The third-order valence-electron chi connectivity index (χ3n) is 3.29. The number of nitrogen functional groups attached to an aromatic ring is 1. The summed E-state index contributed by atoms with van der Waals surface area (Å²) in [6, 6.07) is 5.17. The van der Waals surface area contributed by atoms with Gasteiger partial charge < -0.3 is 10.6 Å². The largest absolute Gasteiger partial charge is 0.384 e. The quantitative estimate of drug-likeness (QED) is 0.843. The smallest absolute Gasteiger partial charge is 0.272 e. The molecule has 0 saturated carbocycles. The first-order chi connectivity index (χ1) is 8.62. The molecular formula is C14H23N3O. The van der Waals surface area contributed by atoms with Crippen LogP contribution in [-0.4, -0.2) is 28.9 Å². The molecule has 0 bridgehead atoms. The number of carbonyl (C=O) groups excluding carboxylic acids is 1. The molecule has 2 N–H and O–H groups in total. The maximum absolute atomic E-state index is 12.3. The van der Waals surface area contributed by atoms with Crippen molar-refractivity contribution in [2.45, 2.75) is 33.6 Å². The summed E-state index contributed by atoms with van der Waals surface area (Å²) in [5.74, 6) is 0.908. The normalized spacial score (nSPS) is 10.7. The standard InChI is InChI=1S/C14H23N3O/c1-4-11(5-2)10-17(6-3)14(18)12-8-7-9-13(15)16-12/h7-9,11H,4-6,10H2,1-3H3,(H2,15,16). The lowest BCUT2D eigenvalue weighted by Crippen LogP contribution is -2.35. The fraction of sp³-hybridized carbons (Fsp3) is 0.571. The number of nitrogens with two attached hydrogens (primary N) is 1. The Morgan fingerprint density at radius 2 is 2.00 bits per heavy atom. The molecule has 100 valence electrons. The minimum atomic E-state index is -0.0308. The van der Waals surface area contributed by atoms with Gasteiger partial charge in [-0.3, -0.25) is 4.79 Å². The van der Waals surface area contributed by atoms with Crippen LogP contribution in [0, 0.1) is 5.92 Å². The van der Waals surface area contributed by atoms with Gasteiger partial charge in [-0.05, 0) is 25.0 Å². The minimum Gasteiger partial charge on any atom is -0.384 e. The number of anilines is 1. The molecule has 0 fully saturated rings. The van der Waals surface area contributed by atoms with E-state index in [2.05, 4.69) is 18.8 Å². The zero-order valence-electron chi connectivity index (χ0n) is 11.5. The molecular weight excluding hydrogens is 226 g/mol. The van der Waals surface area contributed by atoms with E-state index in [1.54, 1.807) is 18.2 Å². The van der Waals surface area contributed by atoms with E-state index in [1.165, 1.54) is 0 Å². The van der Waals surface area contributed by atoms with Crippen molar-refractivity contribution in [2.24, 2.45) is 5.92 Å². The molecule has 1 aromatic rings. The molecule has 0 saturated heterocycles. The molecule has 1 amide bonds. The molecule has 0 spiro atoms. The third kappa shape index (κ3) is 3.72. The van der Waals surface area contributed by atoms with Gasteiger partial charge in [0, 0.05) is 13.1 Å². The number of rotatable bonds is 6. The summed E-state index contributed by atoms with van der Waals surface area (Å²) in [6.45, 7) is 7.80. The number of amides is 1. The van der Waals surface area contributed by atoms with Crippen molar-refractivity contribution in [2.75, 3.05) is 18.8 Å². The monoisotopic (exact) mass is 249 g/mol. The van der Waals surface area contributed by atoms with Crippen molar-refractivity contribution >= 4 is 11.7 Å². The SMILES string of the molecule is CCC(CC)CN(CC)C(=O)c1cccc(N)n1. The lowest BCUT2D eigenvalue weighted by molar-refractivity contribution is 0.0729. The second-order valence-electron chi connectivity index (χ2n) is 4.47. The first-order valence-electron chi connectivity index (χ1n) is 6.64. The molecule has 0 unspecified atom stereocenters. The van der Waals surface area contributed by atoms with E-state index in [9.17, 15) is 4.79 Å². The van der Waals surface area contributed by atoms with Crippen LogP contribution in [0.5, 0.6) is 0 Å². The van der Waals surface area contributed by atoms with Gasteiger partial charge in [0.05, 0.1) is 0 Å². The Morgan fingerprint density at radius 1 is 1.33 bits per heavy atom. The average molecular weight is 249 g/mol. The van der Waals surface area contributed by atoms with Crippen LogP contribution in [0.1, 0.15) is 44.1 Å². The van der Waals surface area contributed by atoms with Crippen molar-refractivity contribution in [1.82, 2.24) is 9.88 Å². The van der Waals surface area contributed by atoms with Crippen LogP contribution >= 0.6 is 0 Å². The number of hydrogen-bond donors (Lipinski definition) is 1. The number of pyridine rings is 1. The predicted molar refractivity (Wildman–Crippen MR) is 74.3 cm³/mol. The van der Waals surface area contributed by atoms with Crippen LogP contribution in [-0.2, 0) is 0 Å². The minimum absolute atomic E-state index is 0.0308. The maximum Gasteiger partial charge on any atom is 0.272 e. The van der Waals surface area contributed by atoms with Crippen molar-refractivity contribution < 1.29 is 4.79 Å². The Labute approximate surface area is 109 Å². The van der Waals surface area contributed by atoms with E-state index in [1.807, 2.05) is 11.8 Å². The Hall–Kier alpha value is -1.58. The molecule has 0 aliphatic heterocycles. The second-order valence-corrected chi connectivity index (χ2v) is 4.47. The number of carbonyl (C=O) groups is 1. The molecule has 0 aliphatic carbocycles. The Balaban J connectivity index is 2.79. The van der Waals surface area contributed by atoms with Crippen LogP contribution < -0.4 is 5.73 Å². The summed E-state index contributed by atoms with van der Waals surface area (Å²) in [6.07, 6.45) is 2.18. The highest BCUT2D eigenvalue weighted by Crippen LogP contribution is 2.12. The molecule has 0 radical (unpaired) electrons. The van der Waals surface area contributed by atoms with Crippen LogP contribution in [0.15, 0.2) is 18.2 Å². The summed E-state index contributed by atoms with van der Waals surface area (Å²) in [5, 5.41) is 0. The molecule has 1 heterocycles. The zero-order valence-corrected chi connectivity index (χ0v) is 11.5. The fourth-order valence-electron chi connectivity index (χ4n) is 1.95. The molecule has 4 nitrogen and oxygen atoms in total. The number of nitrogens with zero attached hydrogens (tertiary/aromatic N) is 2. The van der Waals surface area contributed by atoms with E-state index >= 15 is 0 Å². The highest BCUT2D eigenvalue weighted by Gasteiger charge is 2.18. The Bertz CT molecular complexity index is 388. The highest BCUT2D eigenvalue weighted by atomic mass is 16.2. The van der Waals surface area contributed by atoms with Crippen molar-refractivity contribution in [1.29, 1.82) is 0 Å². The molecule has 1 rings (SSSR count). The summed E-state index contributed by atoms with van der Waals surface area (Å²) in [4.78, 5) is 18.2. The van der Waals surface area contributed by atoms with Crippen molar-refractivity contribution in [3.63, 3.8) is 0 Å². The van der Waals surface area contributed by atoms with E-state index in [0.717, 1.165) is 19.4 Å². The van der Waals surface area contributed by atoms with E-state index in [4.69, 9.17) is 5.73 Å². The predicted octanol–water partition coefficient (Wildman–Crippen LogP) is 2.56. The lowest BCUT2D eigenvalue weighted by atomic mass is 10.0. The summed E-state index contributed by atoms with van der Waals surface area (Å²) in [7, 11) is 0. The second kappa shape index (κ2) is 6.99.